The number of aromatic hydroxyl groups is 1. The summed E-state index contributed by atoms with van der Waals surface area (Å²) in [4.78, 5) is 30.7. The molecular formula is C24H19N3O3. The van der Waals surface area contributed by atoms with Gasteiger partial charge in [0, 0.05) is 6.21 Å². The second-order valence-electron chi connectivity index (χ2n) is 6.76. The van der Waals surface area contributed by atoms with Crippen LogP contribution in [-0.4, -0.2) is 20.5 Å². The molecule has 4 aromatic rings. The fourth-order valence-electron chi connectivity index (χ4n) is 3.11. The van der Waals surface area contributed by atoms with E-state index in [0.717, 1.165) is 14.7 Å². The van der Waals surface area contributed by atoms with Crippen LogP contribution < -0.4 is 11.2 Å². The van der Waals surface area contributed by atoms with E-state index >= 15 is 0 Å². The predicted octanol–water partition coefficient (Wildman–Crippen LogP) is 3.75. The first-order chi connectivity index (χ1) is 14.6. The fraction of sp³-hybridized carbons (Fsp3) is 0.0417. The van der Waals surface area contributed by atoms with E-state index in [2.05, 4.69) is 4.99 Å². The van der Waals surface area contributed by atoms with Crippen molar-refractivity contribution in [1.29, 1.82) is 0 Å². The third-order valence-corrected chi connectivity index (χ3v) is 4.67. The zero-order valence-electron chi connectivity index (χ0n) is 16.3. The Labute approximate surface area is 172 Å². The lowest BCUT2D eigenvalue weighted by Gasteiger charge is -2.14. The summed E-state index contributed by atoms with van der Waals surface area (Å²) in [6.45, 7) is 1.97. The van der Waals surface area contributed by atoms with Crippen LogP contribution in [0.3, 0.4) is 0 Å². The van der Waals surface area contributed by atoms with Crippen molar-refractivity contribution in [3.63, 3.8) is 0 Å². The van der Waals surface area contributed by atoms with Crippen molar-refractivity contribution >= 4 is 11.9 Å². The van der Waals surface area contributed by atoms with Crippen LogP contribution in [0.25, 0.3) is 11.4 Å². The minimum atomic E-state index is -0.664. The van der Waals surface area contributed by atoms with Crippen molar-refractivity contribution in [1.82, 2.24) is 9.13 Å². The normalized spacial score (nSPS) is 11.1. The smallest absolute Gasteiger partial charge is 0.343 e. The lowest BCUT2D eigenvalue weighted by atomic mass is 10.2. The van der Waals surface area contributed by atoms with Gasteiger partial charge in [-0.1, -0.05) is 54.1 Å². The van der Waals surface area contributed by atoms with Gasteiger partial charge in [-0.3, -0.25) is 9.79 Å². The lowest BCUT2D eigenvalue weighted by Crippen LogP contribution is -2.40. The number of aromatic nitrogens is 2. The summed E-state index contributed by atoms with van der Waals surface area (Å²) in [5, 5.41) is 10.9. The summed E-state index contributed by atoms with van der Waals surface area (Å²) in [6.07, 6.45) is 1.29. The Balaban J connectivity index is 1.99. The highest BCUT2D eigenvalue weighted by molar-refractivity contribution is 5.84. The van der Waals surface area contributed by atoms with Gasteiger partial charge in [-0.05, 0) is 43.3 Å². The number of aliphatic imine (C=N–C) groups is 1. The zero-order valence-corrected chi connectivity index (χ0v) is 16.3. The maximum Gasteiger partial charge on any atom is 0.343 e. The Morgan fingerprint density at radius 2 is 1.30 bits per heavy atom. The number of rotatable bonds is 4. The molecule has 0 atom stereocenters. The van der Waals surface area contributed by atoms with Crippen molar-refractivity contribution < 1.29 is 5.11 Å². The Morgan fingerprint density at radius 3 is 1.87 bits per heavy atom. The molecule has 0 amide bonds. The van der Waals surface area contributed by atoms with Crippen LogP contribution in [-0.2, 0) is 0 Å². The van der Waals surface area contributed by atoms with Gasteiger partial charge in [0.15, 0.2) is 0 Å². The first-order valence-corrected chi connectivity index (χ1v) is 9.39. The second kappa shape index (κ2) is 8.05. The number of hydrogen-bond donors (Lipinski definition) is 1. The van der Waals surface area contributed by atoms with Crippen LogP contribution in [0.4, 0.5) is 5.69 Å². The van der Waals surface area contributed by atoms with Crippen LogP contribution in [0.1, 0.15) is 11.1 Å². The molecule has 4 rings (SSSR count). The van der Waals surface area contributed by atoms with Gasteiger partial charge in [-0.15, -0.1) is 0 Å². The van der Waals surface area contributed by atoms with E-state index in [1.807, 2.05) is 31.2 Å². The molecule has 0 aliphatic heterocycles. The van der Waals surface area contributed by atoms with Crippen LogP contribution in [0.15, 0.2) is 99.5 Å². The van der Waals surface area contributed by atoms with E-state index in [9.17, 15) is 14.7 Å². The van der Waals surface area contributed by atoms with Gasteiger partial charge >= 0.3 is 5.69 Å². The third-order valence-electron chi connectivity index (χ3n) is 4.67. The Kier molecular flexibility index (Phi) is 5.13. The van der Waals surface area contributed by atoms with Crippen molar-refractivity contribution in [2.24, 2.45) is 4.99 Å². The molecule has 0 saturated heterocycles. The van der Waals surface area contributed by atoms with Gasteiger partial charge < -0.3 is 5.11 Å². The van der Waals surface area contributed by atoms with Crippen LogP contribution in [0, 0.1) is 6.92 Å². The van der Waals surface area contributed by atoms with E-state index < -0.39 is 17.1 Å². The van der Waals surface area contributed by atoms with Gasteiger partial charge in [0.1, 0.15) is 5.56 Å². The molecule has 0 aliphatic carbocycles. The molecule has 30 heavy (non-hydrogen) atoms. The monoisotopic (exact) mass is 397 g/mol. The highest BCUT2D eigenvalue weighted by Crippen LogP contribution is 2.18. The van der Waals surface area contributed by atoms with Crippen LogP contribution in [0.5, 0.6) is 5.88 Å². The molecule has 148 valence electrons. The molecular weight excluding hydrogens is 378 g/mol. The predicted molar refractivity (Wildman–Crippen MR) is 118 cm³/mol. The quantitative estimate of drug-likeness (QED) is 0.533. The average molecular weight is 397 g/mol. The summed E-state index contributed by atoms with van der Waals surface area (Å²) in [5.74, 6) is -0.459. The van der Waals surface area contributed by atoms with Crippen molar-refractivity contribution in [3.8, 4) is 17.3 Å². The van der Waals surface area contributed by atoms with Crippen molar-refractivity contribution in [3.05, 3.63) is 117 Å². The first-order valence-electron chi connectivity index (χ1n) is 9.39. The van der Waals surface area contributed by atoms with Crippen molar-refractivity contribution in [2.75, 3.05) is 0 Å². The molecule has 3 aromatic carbocycles. The Morgan fingerprint density at radius 1 is 0.767 bits per heavy atom. The molecule has 0 bridgehead atoms. The maximum absolute atomic E-state index is 13.2. The van der Waals surface area contributed by atoms with Gasteiger partial charge in [-0.2, -0.15) is 0 Å². The van der Waals surface area contributed by atoms with Gasteiger partial charge in [0.2, 0.25) is 5.88 Å². The number of nitrogens with zero attached hydrogens (tertiary/aromatic N) is 3. The van der Waals surface area contributed by atoms with Crippen LogP contribution in [0.2, 0.25) is 0 Å². The molecule has 1 N–H and O–H groups in total. The number of para-hydroxylation sites is 2. The van der Waals surface area contributed by atoms with Gasteiger partial charge in [0.25, 0.3) is 5.56 Å². The zero-order chi connectivity index (χ0) is 21.1. The number of benzene rings is 3. The largest absolute Gasteiger partial charge is 0.493 e. The third kappa shape index (κ3) is 3.58. The topological polar surface area (TPSA) is 76.6 Å². The maximum atomic E-state index is 13.2. The highest BCUT2D eigenvalue weighted by Gasteiger charge is 2.19. The number of hydrogen-bond acceptors (Lipinski definition) is 4. The second-order valence-corrected chi connectivity index (χ2v) is 6.76. The van der Waals surface area contributed by atoms with Gasteiger partial charge in [0.05, 0.1) is 17.1 Å². The fourth-order valence-corrected chi connectivity index (χ4v) is 3.11. The molecule has 6 heteroatoms. The standard InChI is InChI=1S/C24H19N3O3/c1-17-12-14-18(15-13-17)25-16-21-22(28)26(19-8-4-2-5-9-19)24(30)27(23(21)29)20-10-6-3-7-11-20/h2-16,28H,1H3. The minimum Gasteiger partial charge on any atom is -0.493 e. The van der Waals surface area contributed by atoms with Gasteiger partial charge in [-0.25, -0.2) is 13.9 Å². The van der Waals surface area contributed by atoms with E-state index in [1.54, 1.807) is 60.7 Å². The summed E-state index contributed by atoms with van der Waals surface area (Å²) in [5.41, 5.74) is 1.16. The van der Waals surface area contributed by atoms with E-state index in [0.29, 0.717) is 17.1 Å². The molecule has 6 nitrogen and oxygen atoms in total. The Hall–Kier alpha value is -4.19. The molecule has 0 fully saturated rings. The summed E-state index contributed by atoms with van der Waals surface area (Å²) < 4.78 is 2.13. The van der Waals surface area contributed by atoms with E-state index in [1.165, 1.54) is 6.21 Å². The Bertz CT molecular complexity index is 1320. The molecule has 0 saturated carbocycles. The molecule has 1 aromatic heterocycles. The summed E-state index contributed by atoms with van der Waals surface area (Å²) >= 11 is 0. The number of aryl methyl sites for hydroxylation is 1. The van der Waals surface area contributed by atoms with E-state index in [-0.39, 0.29) is 5.56 Å². The minimum absolute atomic E-state index is 0.0807. The van der Waals surface area contributed by atoms with Crippen LogP contribution >= 0.6 is 0 Å². The average Bonchev–Trinajstić information content (AvgIpc) is 2.76. The molecule has 0 spiro atoms. The lowest BCUT2D eigenvalue weighted by molar-refractivity contribution is 0.427. The first kappa shape index (κ1) is 19.1. The van der Waals surface area contributed by atoms with Crippen molar-refractivity contribution in [2.45, 2.75) is 6.92 Å². The summed E-state index contributed by atoms with van der Waals surface area (Å²) in [6, 6.07) is 24.7. The SMILES string of the molecule is Cc1ccc(N=Cc2c(O)n(-c3ccccc3)c(=O)n(-c3ccccc3)c2=O)cc1. The molecule has 0 unspecified atom stereocenters. The molecule has 0 aliphatic rings. The molecule has 1 heterocycles. The highest BCUT2D eigenvalue weighted by atomic mass is 16.3. The van der Waals surface area contributed by atoms with E-state index in [4.69, 9.17) is 0 Å². The summed E-state index contributed by atoms with van der Waals surface area (Å²) in [7, 11) is 0. The molecule has 0 radical (unpaired) electrons.